The SMILES string of the molecule is CC.COC(=O)CNC(=O)OCC1=CCCC=C1.Cc1cc(C)c(N)c(C)c1. The standard InChI is InChI=1S/C11H15NO4.C9H13N.C2H6/c1-15-10(13)7-12-11(14)16-8-9-5-3-2-4-6-9;1-6-4-7(2)9(10)8(3)5-6;1-2/h3,5-6H,2,4,7-8H2,1H3,(H,12,14);4-5H,10H2,1-3H3;1-2H3. The molecule has 0 saturated carbocycles. The number of carbonyl (C=O) groups is 2. The normalized spacial score (nSPS) is 11.7. The van der Waals surface area contributed by atoms with E-state index in [1.807, 2.05) is 45.9 Å². The number of anilines is 1. The Kier molecular flexibility index (Phi) is 12.9. The lowest BCUT2D eigenvalue weighted by molar-refractivity contribution is -0.139. The minimum Gasteiger partial charge on any atom is -0.468 e. The van der Waals surface area contributed by atoms with Gasteiger partial charge < -0.3 is 20.5 Å². The van der Waals surface area contributed by atoms with Crippen molar-refractivity contribution in [3.8, 4) is 0 Å². The summed E-state index contributed by atoms with van der Waals surface area (Å²) in [6.07, 6.45) is 7.36. The van der Waals surface area contributed by atoms with Crippen LogP contribution in [0.2, 0.25) is 0 Å². The molecule has 1 aromatic rings. The van der Waals surface area contributed by atoms with Crippen LogP contribution in [0.25, 0.3) is 0 Å². The van der Waals surface area contributed by atoms with Crippen molar-refractivity contribution in [1.29, 1.82) is 0 Å². The smallest absolute Gasteiger partial charge is 0.407 e. The Labute approximate surface area is 168 Å². The van der Waals surface area contributed by atoms with Crippen molar-refractivity contribution in [2.24, 2.45) is 0 Å². The van der Waals surface area contributed by atoms with Gasteiger partial charge in [0.05, 0.1) is 7.11 Å². The second kappa shape index (κ2) is 14.3. The second-order valence-corrected chi connectivity index (χ2v) is 6.08. The minimum atomic E-state index is -0.620. The van der Waals surface area contributed by atoms with Gasteiger partial charge in [-0.05, 0) is 50.3 Å². The third-order valence-corrected chi connectivity index (χ3v) is 3.78. The average molecular weight is 391 g/mol. The fourth-order valence-corrected chi connectivity index (χ4v) is 2.38. The Morgan fingerprint density at radius 1 is 1.11 bits per heavy atom. The molecule has 156 valence electrons. The molecule has 0 atom stereocenters. The number of hydrogen-bond donors (Lipinski definition) is 2. The highest BCUT2D eigenvalue weighted by Gasteiger charge is 2.06. The summed E-state index contributed by atoms with van der Waals surface area (Å²) in [6, 6.07) is 4.20. The maximum atomic E-state index is 11.1. The second-order valence-electron chi connectivity index (χ2n) is 6.08. The van der Waals surface area contributed by atoms with E-state index in [1.54, 1.807) is 0 Å². The minimum absolute atomic E-state index is 0.176. The molecular formula is C22H34N2O4. The first-order chi connectivity index (χ1) is 13.3. The number of hydrogen-bond acceptors (Lipinski definition) is 5. The first-order valence-corrected chi connectivity index (χ1v) is 9.49. The van der Waals surface area contributed by atoms with Crippen molar-refractivity contribution in [2.45, 2.75) is 47.5 Å². The van der Waals surface area contributed by atoms with Crippen LogP contribution >= 0.6 is 0 Å². The molecule has 0 aliphatic heterocycles. The summed E-state index contributed by atoms with van der Waals surface area (Å²) in [4.78, 5) is 21.8. The quantitative estimate of drug-likeness (QED) is 0.588. The topological polar surface area (TPSA) is 90.6 Å². The van der Waals surface area contributed by atoms with Gasteiger partial charge in [0.25, 0.3) is 0 Å². The first kappa shape index (κ1) is 25.2. The highest BCUT2D eigenvalue weighted by Crippen LogP contribution is 2.17. The number of aryl methyl sites for hydroxylation is 3. The molecule has 1 aromatic carbocycles. The van der Waals surface area contributed by atoms with Crippen LogP contribution < -0.4 is 11.1 Å². The predicted molar refractivity (Wildman–Crippen MR) is 114 cm³/mol. The molecular weight excluding hydrogens is 356 g/mol. The van der Waals surface area contributed by atoms with Gasteiger partial charge in [0.15, 0.2) is 0 Å². The van der Waals surface area contributed by atoms with Crippen LogP contribution in [0.1, 0.15) is 43.4 Å². The van der Waals surface area contributed by atoms with E-state index in [4.69, 9.17) is 10.5 Å². The van der Waals surface area contributed by atoms with Gasteiger partial charge in [0.2, 0.25) is 0 Å². The molecule has 2 rings (SSSR count). The summed E-state index contributed by atoms with van der Waals surface area (Å²) in [5, 5.41) is 2.29. The molecule has 0 bridgehead atoms. The van der Waals surface area contributed by atoms with Gasteiger partial charge in [0, 0.05) is 5.69 Å². The monoisotopic (exact) mass is 390 g/mol. The van der Waals surface area contributed by atoms with Gasteiger partial charge >= 0.3 is 12.1 Å². The Morgan fingerprint density at radius 3 is 2.21 bits per heavy atom. The summed E-state index contributed by atoms with van der Waals surface area (Å²) in [5.74, 6) is -0.506. The lowest BCUT2D eigenvalue weighted by Gasteiger charge is -2.08. The Morgan fingerprint density at radius 2 is 1.71 bits per heavy atom. The lowest BCUT2D eigenvalue weighted by atomic mass is 10.1. The molecule has 0 spiro atoms. The van der Waals surface area contributed by atoms with E-state index in [1.165, 1.54) is 23.8 Å². The number of rotatable bonds is 4. The Balaban J connectivity index is 0.000000520. The van der Waals surface area contributed by atoms with Crippen molar-refractivity contribution in [3.63, 3.8) is 0 Å². The van der Waals surface area contributed by atoms with Crippen LogP contribution in [0.3, 0.4) is 0 Å². The number of methoxy groups -OCH3 is 1. The Bertz CT molecular complexity index is 671. The van der Waals surface area contributed by atoms with Crippen molar-refractivity contribution in [3.05, 3.63) is 52.6 Å². The van der Waals surface area contributed by atoms with Crippen molar-refractivity contribution < 1.29 is 19.1 Å². The van der Waals surface area contributed by atoms with Crippen LogP contribution in [-0.2, 0) is 14.3 Å². The number of nitrogens with two attached hydrogens (primary N) is 1. The molecule has 0 unspecified atom stereocenters. The molecule has 0 saturated heterocycles. The van der Waals surface area contributed by atoms with Gasteiger partial charge in [-0.1, -0.05) is 49.8 Å². The number of alkyl carbamates (subject to hydrolysis) is 1. The van der Waals surface area contributed by atoms with Gasteiger partial charge in [0.1, 0.15) is 13.2 Å². The summed E-state index contributed by atoms with van der Waals surface area (Å²) in [5.41, 5.74) is 11.3. The molecule has 28 heavy (non-hydrogen) atoms. The van der Waals surface area contributed by atoms with E-state index in [0.29, 0.717) is 0 Å². The number of carbonyl (C=O) groups excluding carboxylic acids is 2. The first-order valence-electron chi connectivity index (χ1n) is 9.49. The summed E-state index contributed by atoms with van der Waals surface area (Å²) < 4.78 is 9.26. The zero-order valence-electron chi connectivity index (χ0n) is 17.9. The van der Waals surface area contributed by atoms with Crippen molar-refractivity contribution >= 4 is 17.7 Å². The molecule has 0 fully saturated rings. The van der Waals surface area contributed by atoms with Gasteiger partial charge in [-0.3, -0.25) is 4.79 Å². The highest BCUT2D eigenvalue weighted by molar-refractivity contribution is 5.77. The maximum Gasteiger partial charge on any atom is 0.407 e. The van der Waals surface area contributed by atoms with Gasteiger partial charge in [-0.25, -0.2) is 4.79 Å². The number of esters is 1. The van der Waals surface area contributed by atoms with E-state index < -0.39 is 12.1 Å². The number of benzene rings is 1. The van der Waals surface area contributed by atoms with Crippen LogP contribution in [0, 0.1) is 20.8 Å². The Hall–Kier alpha value is -2.76. The molecule has 6 heteroatoms. The number of ether oxygens (including phenoxy) is 2. The van der Waals surface area contributed by atoms with Crippen LogP contribution in [-0.4, -0.2) is 32.3 Å². The molecule has 0 radical (unpaired) electrons. The number of nitrogens with one attached hydrogen (secondary N) is 1. The largest absolute Gasteiger partial charge is 0.468 e. The zero-order valence-corrected chi connectivity index (χ0v) is 17.9. The zero-order chi connectivity index (χ0) is 21.5. The molecule has 1 amide bonds. The molecule has 1 aliphatic carbocycles. The molecule has 0 aromatic heterocycles. The molecule has 1 aliphatic rings. The predicted octanol–water partition coefficient (Wildman–Crippen LogP) is 4.38. The fourth-order valence-electron chi connectivity index (χ4n) is 2.38. The van der Waals surface area contributed by atoms with E-state index in [0.717, 1.165) is 24.1 Å². The van der Waals surface area contributed by atoms with Gasteiger partial charge in [-0.2, -0.15) is 0 Å². The van der Waals surface area contributed by atoms with Crippen molar-refractivity contribution in [2.75, 3.05) is 26.0 Å². The van der Waals surface area contributed by atoms with E-state index in [-0.39, 0.29) is 13.2 Å². The molecule has 6 nitrogen and oxygen atoms in total. The summed E-state index contributed by atoms with van der Waals surface area (Å²) in [6.45, 7) is 10.2. The van der Waals surface area contributed by atoms with Gasteiger partial charge in [-0.15, -0.1) is 0 Å². The third kappa shape index (κ3) is 10.4. The van der Waals surface area contributed by atoms with Crippen LogP contribution in [0.15, 0.2) is 35.9 Å². The van der Waals surface area contributed by atoms with E-state index in [9.17, 15) is 9.59 Å². The number of amides is 1. The van der Waals surface area contributed by atoms with Crippen LogP contribution in [0.4, 0.5) is 10.5 Å². The summed E-state index contributed by atoms with van der Waals surface area (Å²) >= 11 is 0. The average Bonchev–Trinajstić information content (AvgIpc) is 2.71. The number of allylic oxidation sites excluding steroid dienone is 2. The maximum absolute atomic E-state index is 11.1. The summed E-state index contributed by atoms with van der Waals surface area (Å²) in [7, 11) is 1.26. The molecule has 3 N–H and O–H groups in total. The van der Waals surface area contributed by atoms with E-state index >= 15 is 0 Å². The lowest BCUT2D eigenvalue weighted by Crippen LogP contribution is -2.31. The fraction of sp³-hybridized carbons (Fsp3) is 0.455. The molecule has 0 heterocycles. The van der Waals surface area contributed by atoms with E-state index in [2.05, 4.69) is 29.1 Å². The van der Waals surface area contributed by atoms with Crippen molar-refractivity contribution in [1.82, 2.24) is 5.32 Å². The van der Waals surface area contributed by atoms with Crippen LogP contribution in [0.5, 0.6) is 0 Å². The highest BCUT2D eigenvalue weighted by atomic mass is 16.6. The third-order valence-electron chi connectivity index (χ3n) is 3.78. The number of nitrogen functional groups attached to an aromatic ring is 1.